The van der Waals surface area contributed by atoms with Crippen LogP contribution in [0.1, 0.15) is 39.0 Å². The first-order chi connectivity index (χ1) is 9.65. The summed E-state index contributed by atoms with van der Waals surface area (Å²) in [6.07, 6.45) is 8.76. The van der Waals surface area contributed by atoms with E-state index in [2.05, 4.69) is 30.4 Å². The van der Waals surface area contributed by atoms with Crippen molar-refractivity contribution in [2.45, 2.75) is 51.1 Å². The highest BCUT2D eigenvalue weighted by Gasteiger charge is 2.36. The fourth-order valence-electron chi connectivity index (χ4n) is 3.07. The molecule has 2 fully saturated rings. The molecule has 118 valence electrons. The lowest BCUT2D eigenvalue weighted by Crippen LogP contribution is -2.50. The van der Waals surface area contributed by atoms with E-state index < -0.39 is 0 Å². The maximum Gasteiger partial charge on any atom is 0.0546 e. The Bertz CT molecular complexity index is 278. The molecule has 1 saturated heterocycles. The van der Waals surface area contributed by atoms with Crippen LogP contribution in [0.2, 0.25) is 0 Å². The Morgan fingerprint density at radius 2 is 2.25 bits per heavy atom. The van der Waals surface area contributed by atoms with Gasteiger partial charge in [0.2, 0.25) is 0 Å². The molecule has 0 aromatic carbocycles. The fourth-order valence-corrected chi connectivity index (χ4v) is 3.65. The summed E-state index contributed by atoms with van der Waals surface area (Å²) in [4.78, 5) is 2.56. The van der Waals surface area contributed by atoms with Gasteiger partial charge in [0.25, 0.3) is 0 Å². The van der Waals surface area contributed by atoms with Crippen LogP contribution in [0.3, 0.4) is 0 Å². The lowest BCUT2D eigenvalue weighted by atomic mass is 9.81. The van der Waals surface area contributed by atoms with Gasteiger partial charge in [0.15, 0.2) is 0 Å². The third kappa shape index (κ3) is 5.21. The van der Waals surface area contributed by atoms with Gasteiger partial charge in [0.05, 0.1) is 6.61 Å². The zero-order valence-corrected chi connectivity index (χ0v) is 14.3. The lowest BCUT2D eigenvalue weighted by Gasteiger charge is -2.41. The van der Waals surface area contributed by atoms with Crippen LogP contribution in [0.5, 0.6) is 0 Å². The number of hydrogen-bond acceptors (Lipinski definition) is 4. The van der Waals surface area contributed by atoms with Crippen molar-refractivity contribution in [2.75, 3.05) is 45.4 Å². The van der Waals surface area contributed by atoms with E-state index in [1.165, 1.54) is 44.4 Å². The summed E-state index contributed by atoms with van der Waals surface area (Å²) >= 11 is 1.95. The molecule has 0 amide bonds. The third-order valence-corrected chi connectivity index (χ3v) is 5.47. The van der Waals surface area contributed by atoms with Gasteiger partial charge in [-0.3, -0.25) is 0 Å². The Hall–Kier alpha value is 0.230. The molecule has 2 aliphatic rings. The molecular formula is C16H32N2OS. The monoisotopic (exact) mass is 300 g/mol. The minimum absolute atomic E-state index is 0.337. The Balaban J connectivity index is 1.84. The highest BCUT2D eigenvalue weighted by atomic mass is 32.2. The van der Waals surface area contributed by atoms with Gasteiger partial charge in [0, 0.05) is 37.2 Å². The molecule has 1 heterocycles. The van der Waals surface area contributed by atoms with E-state index in [0.29, 0.717) is 11.5 Å². The van der Waals surface area contributed by atoms with E-state index in [0.717, 1.165) is 25.8 Å². The first-order valence-electron chi connectivity index (χ1n) is 8.15. The van der Waals surface area contributed by atoms with Gasteiger partial charge in [-0.1, -0.05) is 0 Å². The maximum absolute atomic E-state index is 5.83. The van der Waals surface area contributed by atoms with E-state index >= 15 is 0 Å². The lowest BCUT2D eigenvalue weighted by molar-refractivity contribution is -0.0276. The van der Waals surface area contributed by atoms with Crippen LogP contribution in [0, 0.1) is 5.41 Å². The fraction of sp³-hybridized carbons (Fsp3) is 1.00. The Kier molecular flexibility index (Phi) is 6.66. The number of thioether (sulfide) groups is 1. The molecule has 0 aromatic rings. The van der Waals surface area contributed by atoms with E-state index in [9.17, 15) is 0 Å². The summed E-state index contributed by atoms with van der Waals surface area (Å²) in [5.74, 6) is 1.26. The molecule has 20 heavy (non-hydrogen) atoms. The molecule has 0 spiro atoms. The van der Waals surface area contributed by atoms with Crippen LogP contribution in [0.15, 0.2) is 0 Å². The standard InChI is InChI=1S/C16H32N2OS/c1-14(7-10-20-3)18(2)12-16(8-4-9-19-13-16)11-17-15-5-6-15/h14-15,17H,4-13H2,1-3H3. The molecule has 1 aliphatic carbocycles. The van der Waals surface area contributed by atoms with Crippen molar-refractivity contribution < 1.29 is 4.74 Å². The third-order valence-electron chi connectivity index (χ3n) is 4.82. The molecular weight excluding hydrogens is 268 g/mol. The van der Waals surface area contributed by atoms with Gasteiger partial charge in [-0.05, 0) is 58.1 Å². The quantitative estimate of drug-likeness (QED) is 0.707. The first kappa shape index (κ1) is 16.6. The summed E-state index contributed by atoms with van der Waals surface area (Å²) in [6.45, 7) is 6.56. The molecule has 0 aromatic heterocycles. The number of nitrogens with zero attached hydrogens (tertiary/aromatic N) is 1. The van der Waals surface area contributed by atoms with E-state index in [4.69, 9.17) is 4.74 Å². The largest absolute Gasteiger partial charge is 0.381 e. The summed E-state index contributed by atoms with van der Waals surface area (Å²) in [5.41, 5.74) is 0.337. The smallest absolute Gasteiger partial charge is 0.0546 e. The van der Waals surface area contributed by atoms with Crippen LogP contribution in [-0.2, 0) is 4.74 Å². The number of nitrogens with one attached hydrogen (secondary N) is 1. The molecule has 2 rings (SSSR count). The van der Waals surface area contributed by atoms with Crippen LogP contribution in [0.4, 0.5) is 0 Å². The second kappa shape index (κ2) is 8.02. The summed E-state index contributed by atoms with van der Waals surface area (Å²) in [7, 11) is 2.29. The average Bonchev–Trinajstić information content (AvgIpc) is 3.28. The van der Waals surface area contributed by atoms with Crippen molar-refractivity contribution in [3.8, 4) is 0 Å². The van der Waals surface area contributed by atoms with Crippen molar-refractivity contribution in [1.82, 2.24) is 10.2 Å². The van der Waals surface area contributed by atoms with Crippen LogP contribution < -0.4 is 5.32 Å². The van der Waals surface area contributed by atoms with Crippen LogP contribution >= 0.6 is 11.8 Å². The van der Waals surface area contributed by atoms with Crippen LogP contribution in [-0.4, -0.2) is 62.3 Å². The second-order valence-corrected chi connectivity index (χ2v) is 7.84. The van der Waals surface area contributed by atoms with Gasteiger partial charge in [-0.15, -0.1) is 0 Å². The minimum atomic E-state index is 0.337. The Morgan fingerprint density at radius 1 is 1.45 bits per heavy atom. The number of ether oxygens (including phenoxy) is 1. The average molecular weight is 301 g/mol. The summed E-state index contributed by atoms with van der Waals surface area (Å²) < 4.78 is 5.83. The molecule has 3 nitrogen and oxygen atoms in total. The zero-order valence-electron chi connectivity index (χ0n) is 13.5. The maximum atomic E-state index is 5.83. The number of hydrogen-bond donors (Lipinski definition) is 1. The van der Waals surface area contributed by atoms with Crippen molar-refractivity contribution in [3.05, 3.63) is 0 Å². The van der Waals surface area contributed by atoms with Crippen LogP contribution in [0.25, 0.3) is 0 Å². The van der Waals surface area contributed by atoms with Crippen molar-refractivity contribution in [1.29, 1.82) is 0 Å². The molecule has 0 radical (unpaired) electrons. The Morgan fingerprint density at radius 3 is 2.85 bits per heavy atom. The highest BCUT2D eigenvalue weighted by molar-refractivity contribution is 7.98. The van der Waals surface area contributed by atoms with E-state index in [-0.39, 0.29) is 0 Å². The van der Waals surface area contributed by atoms with Crippen molar-refractivity contribution in [3.63, 3.8) is 0 Å². The van der Waals surface area contributed by atoms with Gasteiger partial charge >= 0.3 is 0 Å². The van der Waals surface area contributed by atoms with Gasteiger partial charge in [0.1, 0.15) is 0 Å². The highest BCUT2D eigenvalue weighted by Crippen LogP contribution is 2.31. The molecule has 2 atom stereocenters. The predicted octanol–water partition coefficient (Wildman–Crippen LogP) is 2.61. The molecule has 0 bridgehead atoms. The summed E-state index contributed by atoms with van der Waals surface area (Å²) in [5, 5.41) is 3.74. The topological polar surface area (TPSA) is 24.5 Å². The van der Waals surface area contributed by atoms with Gasteiger partial charge in [-0.2, -0.15) is 11.8 Å². The van der Waals surface area contributed by atoms with E-state index in [1.807, 2.05) is 11.8 Å². The molecule has 2 unspecified atom stereocenters. The zero-order chi connectivity index (χ0) is 14.4. The van der Waals surface area contributed by atoms with Gasteiger partial charge in [-0.25, -0.2) is 0 Å². The normalized spacial score (nSPS) is 28.8. The Labute approximate surface area is 129 Å². The number of rotatable bonds is 9. The first-order valence-corrected chi connectivity index (χ1v) is 9.55. The van der Waals surface area contributed by atoms with Crippen molar-refractivity contribution >= 4 is 11.8 Å². The predicted molar refractivity (Wildman–Crippen MR) is 88.6 cm³/mol. The minimum Gasteiger partial charge on any atom is -0.381 e. The second-order valence-electron chi connectivity index (χ2n) is 6.86. The molecule has 1 aliphatic heterocycles. The summed E-state index contributed by atoms with van der Waals surface area (Å²) in [6, 6.07) is 1.47. The van der Waals surface area contributed by atoms with Crippen molar-refractivity contribution in [2.24, 2.45) is 5.41 Å². The molecule has 1 N–H and O–H groups in total. The SMILES string of the molecule is CSCCC(C)N(C)CC1(CNC2CC2)CCCOC1. The van der Waals surface area contributed by atoms with E-state index in [1.54, 1.807) is 0 Å². The molecule has 1 saturated carbocycles. The molecule has 4 heteroatoms. The van der Waals surface area contributed by atoms with Gasteiger partial charge < -0.3 is 15.0 Å².